The molecular weight excluding hydrogens is 364 g/mol. The van der Waals surface area contributed by atoms with Gasteiger partial charge in [-0.1, -0.05) is 41.6 Å². The summed E-state index contributed by atoms with van der Waals surface area (Å²) in [4.78, 5) is 19.1. The topological polar surface area (TPSA) is 64.2 Å². The zero-order valence-corrected chi connectivity index (χ0v) is 15.6. The van der Waals surface area contributed by atoms with Crippen LogP contribution in [-0.2, 0) is 13.1 Å². The fourth-order valence-electron chi connectivity index (χ4n) is 4.34. The van der Waals surface area contributed by atoms with Crippen molar-refractivity contribution in [3.8, 4) is 11.4 Å². The fraction of sp³-hybridized carbons (Fsp3) is 0.350. The number of rotatable bonds is 3. The number of nitrogens with zero attached hydrogens (tertiary/aromatic N) is 4. The Balaban J connectivity index is 0.00000180. The molecule has 6 nitrogen and oxygen atoms in total. The molecule has 0 aliphatic carbocycles. The predicted octanol–water partition coefficient (Wildman–Crippen LogP) is 2.94. The molecule has 5 rings (SSSR count). The summed E-state index contributed by atoms with van der Waals surface area (Å²) < 4.78 is 7.43. The Kier molecular flexibility index (Phi) is 4.85. The van der Waals surface area contributed by atoms with Gasteiger partial charge in [0.25, 0.3) is 5.56 Å². The van der Waals surface area contributed by atoms with Crippen LogP contribution in [0.5, 0.6) is 0 Å². The Morgan fingerprint density at radius 1 is 1.04 bits per heavy atom. The van der Waals surface area contributed by atoms with Gasteiger partial charge < -0.3 is 9.09 Å². The third-order valence-corrected chi connectivity index (χ3v) is 5.41. The molecule has 2 bridgehead atoms. The van der Waals surface area contributed by atoms with Gasteiger partial charge in [0.15, 0.2) is 0 Å². The standard InChI is InChI=1S/C20H20N4O2.ClH/c25-19-8-4-7-17-16-9-14(11-24(17)19)10-23(12-16)13-18-21-20(22-26-18)15-5-2-1-3-6-15;/h1-8,14,16H,9-13H2;1H/t14-,16+;/m1./s1. The van der Waals surface area contributed by atoms with Crippen molar-refractivity contribution in [2.75, 3.05) is 13.1 Å². The lowest BCUT2D eigenvalue weighted by Crippen LogP contribution is -2.46. The lowest BCUT2D eigenvalue weighted by atomic mass is 9.83. The first-order chi connectivity index (χ1) is 12.8. The summed E-state index contributed by atoms with van der Waals surface area (Å²) in [5.41, 5.74) is 2.25. The largest absolute Gasteiger partial charge is 0.338 e. The number of likely N-dealkylation sites (tertiary alicyclic amines) is 1. The Hall–Kier alpha value is -2.44. The molecule has 2 aliphatic heterocycles. The highest BCUT2D eigenvalue weighted by Gasteiger charge is 2.34. The van der Waals surface area contributed by atoms with E-state index in [9.17, 15) is 4.79 Å². The molecule has 7 heteroatoms. The summed E-state index contributed by atoms with van der Waals surface area (Å²) in [6, 6.07) is 15.5. The number of benzene rings is 1. The van der Waals surface area contributed by atoms with Crippen molar-refractivity contribution < 1.29 is 4.52 Å². The molecule has 2 aromatic heterocycles. The van der Waals surface area contributed by atoms with E-state index in [0.717, 1.165) is 37.3 Å². The molecule has 0 spiro atoms. The van der Waals surface area contributed by atoms with Crippen LogP contribution in [0.4, 0.5) is 0 Å². The molecule has 1 saturated heterocycles. The van der Waals surface area contributed by atoms with E-state index in [0.29, 0.717) is 30.1 Å². The minimum Gasteiger partial charge on any atom is -0.338 e. The molecule has 1 fully saturated rings. The van der Waals surface area contributed by atoms with Crippen LogP contribution in [0.25, 0.3) is 11.4 Å². The maximum atomic E-state index is 12.1. The first kappa shape index (κ1) is 17.9. The van der Waals surface area contributed by atoms with Gasteiger partial charge in [-0.3, -0.25) is 9.69 Å². The van der Waals surface area contributed by atoms with Gasteiger partial charge in [0.1, 0.15) is 0 Å². The second-order valence-corrected chi connectivity index (χ2v) is 7.27. The first-order valence-electron chi connectivity index (χ1n) is 9.06. The molecule has 0 radical (unpaired) electrons. The van der Waals surface area contributed by atoms with Gasteiger partial charge in [-0.15, -0.1) is 12.4 Å². The van der Waals surface area contributed by atoms with Crippen LogP contribution < -0.4 is 5.56 Å². The van der Waals surface area contributed by atoms with Gasteiger partial charge in [0.2, 0.25) is 11.7 Å². The lowest BCUT2D eigenvalue weighted by Gasteiger charge is -2.42. The molecule has 0 amide bonds. The van der Waals surface area contributed by atoms with Crippen molar-refractivity contribution in [2.24, 2.45) is 5.92 Å². The van der Waals surface area contributed by atoms with E-state index >= 15 is 0 Å². The average Bonchev–Trinajstić information content (AvgIpc) is 3.12. The number of piperidine rings is 1. The van der Waals surface area contributed by atoms with Crippen molar-refractivity contribution in [1.82, 2.24) is 19.6 Å². The first-order valence-corrected chi connectivity index (χ1v) is 9.06. The summed E-state index contributed by atoms with van der Waals surface area (Å²) >= 11 is 0. The quantitative estimate of drug-likeness (QED) is 0.694. The summed E-state index contributed by atoms with van der Waals surface area (Å²) in [5.74, 6) is 2.18. The number of hydrogen-bond donors (Lipinski definition) is 0. The lowest BCUT2D eigenvalue weighted by molar-refractivity contribution is 0.104. The minimum atomic E-state index is 0. The third kappa shape index (κ3) is 3.42. The van der Waals surface area contributed by atoms with E-state index in [1.807, 2.05) is 41.0 Å². The number of hydrogen-bond acceptors (Lipinski definition) is 5. The molecule has 4 heterocycles. The Bertz CT molecular complexity index is 985. The Morgan fingerprint density at radius 2 is 1.89 bits per heavy atom. The highest BCUT2D eigenvalue weighted by molar-refractivity contribution is 5.85. The van der Waals surface area contributed by atoms with Crippen LogP contribution >= 0.6 is 12.4 Å². The van der Waals surface area contributed by atoms with E-state index in [1.165, 1.54) is 0 Å². The van der Waals surface area contributed by atoms with Crippen LogP contribution in [-0.4, -0.2) is 32.7 Å². The third-order valence-electron chi connectivity index (χ3n) is 5.41. The van der Waals surface area contributed by atoms with E-state index in [-0.39, 0.29) is 18.0 Å². The Morgan fingerprint density at radius 3 is 2.74 bits per heavy atom. The molecule has 3 aromatic rings. The van der Waals surface area contributed by atoms with Crippen molar-refractivity contribution in [3.05, 3.63) is 70.5 Å². The van der Waals surface area contributed by atoms with Crippen LogP contribution in [0.2, 0.25) is 0 Å². The molecule has 2 aliphatic rings. The van der Waals surface area contributed by atoms with Crippen molar-refractivity contribution in [3.63, 3.8) is 0 Å². The van der Waals surface area contributed by atoms with Crippen LogP contribution in [0, 0.1) is 5.92 Å². The van der Waals surface area contributed by atoms with E-state index in [1.54, 1.807) is 6.07 Å². The van der Waals surface area contributed by atoms with Crippen molar-refractivity contribution in [1.29, 1.82) is 0 Å². The number of pyridine rings is 1. The normalized spacial score (nSPS) is 21.3. The Labute approximate surface area is 163 Å². The summed E-state index contributed by atoms with van der Waals surface area (Å²) in [6.45, 7) is 3.34. The van der Waals surface area contributed by atoms with Crippen LogP contribution in [0.1, 0.15) is 23.9 Å². The smallest absolute Gasteiger partial charge is 0.250 e. The van der Waals surface area contributed by atoms with Gasteiger partial charge >= 0.3 is 0 Å². The zero-order valence-electron chi connectivity index (χ0n) is 14.8. The molecule has 2 atom stereocenters. The molecule has 0 saturated carbocycles. The highest BCUT2D eigenvalue weighted by atomic mass is 35.5. The molecule has 140 valence electrons. The van der Waals surface area contributed by atoms with Crippen LogP contribution in [0.3, 0.4) is 0 Å². The zero-order chi connectivity index (χ0) is 17.5. The van der Waals surface area contributed by atoms with Gasteiger partial charge in [0, 0.05) is 42.9 Å². The fourth-order valence-corrected chi connectivity index (χ4v) is 4.34. The van der Waals surface area contributed by atoms with Crippen molar-refractivity contribution >= 4 is 12.4 Å². The van der Waals surface area contributed by atoms with E-state index < -0.39 is 0 Å². The molecular formula is C20H21ClN4O2. The summed E-state index contributed by atoms with van der Waals surface area (Å²) in [6.07, 6.45) is 1.15. The van der Waals surface area contributed by atoms with E-state index in [2.05, 4.69) is 21.1 Å². The van der Waals surface area contributed by atoms with E-state index in [4.69, 9.17) is 4.52 Å². The SMILES string of the molecule is Cl.O=c1cccc2n1C[C@@H]1C[C@H]2CN(Cc2nc(-c3ccccc3)no2)C1. The summed E-state index contributed by atoms with van der Waals surface area (Å²) in [7, 11) is 0. The van der Waals surface area contributed by atoms with Gasteiger partial charge in [0.05, 0.1) is 6.54 Å². The molecule has 27 heavy (non-hydrogen) atoms. The second-order valence-electron chi connectivity index (χ2n) is 7.27. The van der Waals surface area contributed by atoms with Gasteiger partial charge in [-0.2, -0.15) is 4.98 Å². The molecule has 0 unspecified atom stereocenters. The van der Waals surface area contributed by atoms with Crippen molar-refractivity contribution in [2.45, 2.75) is 25.4 Å². The van der Waals surface area contributed by atoms with Crippen LogP contribution in [0.15, 0.2) is 57.8 Å². The maximum Gasteiger partial charge on any atom is 0.250 e. The number of halogens is 1. The minimum absolute atomic E-state index is 0. The van der Waals surface area contributed by atoms with Gasteiger partial charge in [-0.05, 0) is 18.4 Å². The predicted molar refractivity (Wildman–Crippen MR) is 104 cm³/mol. The maximum absolute atomic E-state index is 12.1. The second kappa shape index (κ2) is 7.29. The highest BCUT2D eigenvalue weighted by Crippen LogP contribution is 2.35. The van der Waals surface area contributed by atoms with Gasteiger partial charge in [-0.25, -0.2) is 0 Å². The number of fused-ring (bicyclic) bond motifs is 4. The monoisotopic (exact) mass is 384 g/mol. The molecule has 1 aromatic carbocycles. The molecule has 0 N–H and O–H groups in total. The average molecular weight is 385 g/mol. The summed E-state index contributed by atoms with van der Waals surface area (Å²) in [5, 5.41) is 4.11. The number of aromatic nitrogens is 3.